The zero-order valence-electron chi connectivity index (χ0n) is 8.52. The van der Waals surface area contributed by atoms with Crippen LogP contribution >= 0.6 is 34.5 Å². The Morgan fingerprint density at radius 2 is 2.24 bits per heavy atom. The largest absolute Gasteiger partial charge is 0.383 e. The van der Waals surface area contributed by atoms with Gasteiger partial charge in [0.2, 0.25) is 5.13 Å². The molecule has 2 aromatic rings. The molecule has 0 spiro atoms. The Hall–Kier alpha value is -1.30. The minimum atomic E-state index is 0.470. The first-order valence-corrected chi connectivity index (χ1v) is 6.24. The van der Waals surface area contributed by atoms with E-state index in [4.69, 9.17) is 28.9 Å². The van der Waals surface area contributed by atoms with Crippen LogP contribution in [0.15, 0.2) is 28.7 Å². The molecule has 88 valence electrons. The Kier molecular flexibility index (Phi) is 3.83. The van der Waals surface area contributed by atoms with Gasteiger partial charge in [-0.15, -0.1) is 11.3 Å². The molecular weight excluding hydrogens is 279 g/mol. The van der Waals surface area contributed by atoms with Crippen LogP contribution in [0.5, 0.6) is 0 Å². The number of thiazole rings is 1. The highest BCUT2D eigenvalue weighted by atomic mass is 35.5. The minimum Gasteiger partial charge on any atom is -0.383 e. The molecule has 0 fully saturated rings. The lowest BCUT2D eigenvalue weighted by molar-refractivity contribution is 1.29. The van der Waals surface area contributed by atoms with Crippen molar-refractivity contribution in [2.45, 2.75) is 0 Å². The smallest absolute Gasteiger partial charge is 0.205 e. The molecule has 0 aliphatic carbocycles. The maximum Gasteiger partial charge on any atom is 0.205 e. The van der Waals surface area contributed by atoms with E-state index in [1.807, 2.05) is 0 Å². The summed E-state index contributed by atoms with van der Waals surface area (Å²) in [6.07, 6.45) is 1.59. The number of nitrogens with zero attached hydrogens (tertiary/aromatic N) is 2. The zero-order valence-corrected chi connectivity index (χ0v) is 10.9. The lowest BCUT2D eigenvalue weighted by Gasteiger charge is -1.98. The van der Waals surface area contributed by atoms with Crippen LogP contribution in [0.3, 0.4) is 0 Å². The van der Waals surface area contributed by atoms with Gasteiger partial charge in [-0.25, -0.2) is 4.98 Å². The Labute approximate surface area is 112 Å². The van der Waals surface area contributed by atoms with Crippen LogP contribution in [0.1, 0.15) is 5.56 Å². The standard InChI is InChI=1S/C10H8Cl2N4S/c11-7-2-1-6(8(12)3-7)4-14-16-10-15-9(13)5-17-10/h1-5H,13H2,(H,15,16). The number of nitrogens with one attached hydrogen (secondary N) is 1. The van der Waals surface area contributed by atoms with Crippen molar-refractivity contribution in [1.82, 2.24) is 4.98 Å². The molecule has 0 bridgehead atoms. The first-order chi connectivity index (χ1) is 8.15. The van der Waals surface area contributed by atoms with E-state index in [1.165, 1.54) is 11.3 Å². The predicted octanol–water partition coefficient (Wildman–Crippen LogP) is 3.48. The van der Waals surface area contributed by atoms with Gasteiger partial charge in [0.1, 0.15) is 5.82 Å². The minimum absolute atomic E-state index is 0.470. The first-order valence-electron chi connectivity index (χ1n) is 4.60. The number of anilines is 2. The summed E-state index contributed by atoms with van der Waals surface area (Å²) < 4.78 is 0. The molecule has 2 rings (SSSR count). The molecule has 0 amide bonds. The van der Waals surface area contributed by atoms with E-state index < -0.39 is 0 Å². The molecular formula is C10H8Cl2N4S. The Balaban J connectivity index is 2.05. The SMILES string of the molecule is Nc1csc(NN=Cc2ccc(Cl)cc2Cl)n1. The van der Waals surface area contributed by atoms with Crippen molar-refractivity contribution in [1.29, 1.82) is 0 Å². The molecule has 1 aromatic heterocycles. The highest BCUT2D eigenvalue weighted by Gasteiger charge is 1.99. The average molecular weight is 287 g/mol. The van der Waals surface area contributed by atoms with Crippen molar-refractivity contribution in [3.05, 3.63) is 39.2 Å². The molecule has 0 aliphatic rings. The number of hydrogen-bond donors (Lipinski definition) is 2. The van der Waals surface area contributed by atoms with Gasteiger partial charge in [0.25, 0.3) is 0 Å². The normalized spacial score (nSPS) is 10.9. The third-order valence-corrected chi connectivity index (χ3v) is 3.18. The second-order valence-electron chi connectivity index (χ2n) is 3.11. The van der Waals surface area contributed by atoms with Gasteiger partial charge in [-0.2, -0.15) is 5.10 Å². The van der Waals surface area contributed by atoms with Crippen LogP contribution in [0.4, 0.5) is 10.9 Å². The van der Waals surface area contributed by atoms with Crippen molar-refractivity contribution in [2.24, 2.45) is 5.10 Å². The lowest BCUT2D eigenvalue weighted by Crippen LogP contribution is -1.91. The van der Waals surface area contributed by atoms with Crippen LogP contribution in [-0.2, 0) is 0 Å². The van der Waals surface area contributed by atoms with Crippen molar-refractivity contribution < 1.29 is 0 Å². The van der Waals surface area contributed by atoms with Crippen LogP contribution in [0.25, 0.3) is 0 Å². The second-order valence-corrected chi connectivity index (χ2v) is 4.82. The number of benzene rings is 1. The molecule has 1 heterocycles. The summed E-state index contributed by atoms with van der Waals surface area (Å²) in [5, 5.41) is 7.50. The summed E-state index contributed by atoms with van der Waals surface area (Å²) in [4.78, 5) is 4.00. The van der Waals surface area contributed by atoms with Crippen LogP contribution in [0, 0.1) is 0 Å². The number of rotatable bonds is 3. The van der Waals surface area contributed by atoms with Crippen molar-refractivity contribution in [3.63, 3.8) is 0 Å². The maximum absolute atomic E-state index is 5.98. The first kappa shape index (κ1) is 12.2. The fourth-order valence-electron chi connectivity index (χ4n) is 1.10. The van der Waals surface area contributed by atoms with Gasteiger partial charge in [-0.3, -0.25) is 5.43 Å². The predicted molar refractivity (Wildman–Crippen MR) is 74.2 cm³/mol. The van der Waals surface area contributed by atoms with Crippen molar-refractivity contribution in [3.8, 4) is 0 Å². The van der Waals surface area contributed by atoms with Gasteiger partial charge < -0.3 is 5.73 Å². The zero-order chi connectivity index (χ0) is 12.3. The molecule has 0 atom stereocenters. The second kappa shape index (κ2) is 5.35. The molecule has 3 N–H and O–H groups in total. The number of halogens is 2. The van der Waals surface area contributed by atoms with Crippen LogP contribution < -0.4 is 11.2 Å². The lowest BCUT2D eigenvalue weighted by atomic mass is 10.2. The van der Waals surface area contributed by atoms with E-state index in [-0.39, 0.29) is 0 Å². The van der Waals surface area contributed by atoms with E-state index >= 15 is 0 Å². The number of hydrogen-bond acceptors (Lipinski definition) is 5. The van der Waals surface area contributed by atoms with Gasteiger partial charge in [-0.1, -0.05) is 29.3 Å². The van der Waals surface area contributed by atoms with E-state index in [0.717, 1.165) is 5.56 Å². The summed E-state index contributed by atoms with van der Waals surface area (Å²) in [5.74, 6) is 0.470. The Morgan fingerprint density at radius 3 is 2.88 bits per heavy atom. The van der Waals surface area contributed by atoms with Gasteiger partial charge in [0, 0.05) is 16.0 Å². The molecule has 0 saturated carbocycles. The topological polar surface area (TPSA) is 63.3 Å². The summed E-state index contributed by atoms with van der Waals surface area (Å²) in [7, 11) is 0. The number of aromatic nitrogens is 1. The van der Waals surface area contributed by atoms with Crippen LogP contribution in [-0.4, -0.2) is 11.2 Å². The maximum atomic E-state index is 5.98. The van der Waals surface area contributed by atoms with Gasteiger partial charge in [0.05, 0.1) is 11.2 Å². The fourth-order valence-corrected chi connectivity index (χ4v) is 2.11. The van der Waals surface area contributed by atoms with Gasteiger partial charge >= 0.3 is 0 Å². The van der Waals surface area contributed by atoms with E-state index in [9.17, 15) is 0 Å². The van der Waals surface area contributed by atoms with E-state index in [2.05, 4.69) is 15.5 Å². The molecule has 4 nitrogen and oxygen atoms in total. The summed E-state index contributed by atoms with van der Waals surface area (Å²) >= 11 is 13.1. The third kappa shape index (κ3) is 3.33. The molecule has 17 heavy (non-hydrogen) atoms. The molecule has 0 unspecified atom stereocenters. The quantitative estimate of drug-likeness (QED) is 0.671. The fraction of sp³-hybridized carbons (Fsp3) is 0. The van der Waals surface area contributed by atoms with Crippen LogP contribution in [0.2, 0.25) is 10.0 Å². The molecule has 0 aliphatic heterocycles. The van der Waals surface area contributed by atoms with E-state index in [1.54, 1.807) is 29.8 Å². The number of hydrazone groups is 1. The molecule has 1 aromatic carbocycles. The summed E-state index contributed by atoms with van der Waals surface area (Å²) in [5.41, 5.74) is 9.01. The van der Waals surface area contributed by atoms with Crippen molar-refractivity contribution >= 4 is 51.7 Å². The number of nitrogen functional groups attached to an aromatic ring is 1. The van der Waals surface area contributed by atoms with Gasteiger partial charge in [-0.05, 0) is 12.1 Å². The summed E-state index contributed by atoms with van der Waals surface area (Å²) in [6.45, 7) is 0. The number of nitrogens with two attached hydrogens (primary N) is 1. The highest BCUT2D eigenvalue weighted by Crippen LogP contribution is 2.20. The summed E-state index contributed by atoms with van der Waals surface area (Å²) in [6, 6.07) is 5.19. The van der Waals surface area contributed by atoms with Crippen molar-refractivity contribution in [2.75, 3.05) is 11.2 Å². The molecule has 7 heteroatoms. The third-order valence-electron chi connectivity index (χ3n) is 1.85. The average Bonchev–Trinajstić information content (AvgIpc) is 2.68. The molecule has 0 radical (unpaired) electrons. The monoisotopic (exact) mass is 286 g/mol. The van der Waals surface area contributed by atoms with Gasteiger partial charge in [0.15, 0.2) is 0 Å². The Morgan fingerprint density at radius 1 is 1.41 bits per heavy atom. The molecule has 0 saturated heterocycles. The highest BCUT2D eigenvalue weighted by molar-refractivity contribution is 7.14. The Bertz CT molecular complexity index is 553. The van der Waals surface area contributed by atoms with E-state index in [0.29, 0.717) is 21.0 Å².